The van der Waals surface area contributed by atoms with Crippen molar-refractivity contribution in [2.24, 2.45) is 17.3 Å². The van der Waals surface area contributed by atoms with Gasteiger partial charge in [-0.05, 0) is 43.4 Å². The Morgan fingerprint density at radius 2 is 2.10 bits per heavy atom. The molecule has 1 saturated heterocycles. The summed E-state index contributed by atoms with van der Waals surface area (Å²) >= 11 is 0. The zero-order valence-electron chi connectivity index (χ0n) is 12.5. The highest BCUT2D eigenvalue weighted by molar-refractivity contribution is 5.76. The molecule has 1 aliphatic heterocycles. The molecule has 5 nitrogen and oxygen atoms in total. The highest BCUT2D eigenvalue weighted by Gasteiger charge is 2.43. The van der Waals surface area contributed by atoms with Gasteiger partial charge in [0.05, 0.1) is 5.92 Å². The van der Waals surface area contributed by atoms with Crippen LogP contribution in [-0.4, -0.2) is 41.6 Å². The summed E-state index contributed by atoms with van der Waals surface area (Å²) in [5.74, 6) is -0.540. The summed E-state index contributed by atoms with van der Waals surface area (Å²) in [5, 5.41) is 12.1. The third-order valence-corrected chi connectivity index (χ3v) is 4.47. The predicted molar refractivity (Wildman–Crippen MR) is 76.5 cm³/mol. The average molecular weight is 282 g/mol. The molecule has 2 amide bonds. The first-order chi connectivity index (χ1) is 9.42. The molecule has 0 aromatic heterocycles. The van der Waals surface area contributed by atoms with Crippen LogP contribution in [0, 0.1) is 17.3 Å². The molecular weight excluding hydrogens is 256 g/mol. The van der Waals surface area contributed by atoms with Gasteiger partial charge in [0, 0.05) is 19.6 Å². The number of rotatable bonds is 5. The van der Waals surface area contributed by atoms with E-state index in [-0.39, 0.29) is 6.03 Å². The van der Waals surface area contributed by atoms with E-state index in [2.05, 4.69) is 19.2 Å². The highest BCUT2D eigenvalue weighted by atomic mass is 16.4. The number of piperidine rings is 1. The first-order valence-corrected chi connectivity index (χ1v) is 7.67. The SMILES string of the molecule is CC(C)CC1(CNC(=O)N2CCCC(C(=O)O)C2)CC1. The van der Waals surface area contributed by atoms with Crippen molar-refractivity contribution in [2.45, 2.75) is 46.0 Å². The van der Waals surface area contributed by atoms with Crippen LogP contribution in [0.4, 0.5) is 4.79 Å². The van der Waals surface area contributed by atoms with Gasteiger partial charge in [-0.3, -0.25) is 4.79 Å². The van der Waals surface area contributed by atoms with Crippen LogP contribution in [0.1, 0.15) is 46.0 Å². The van der Waals surface area contributed by atoms with Crippen molar-refractivity contribution < 1.29 is 14.7 Å². The van der Waals surface area contributed by atoms with Crippen LogP contribution in [0.5, 0.6) is 0 Å². The van der Waals surface area contributed by atoms with Gasteiger partial charge in [-0.1, -0.05) is 13.8 Å². The molecule has 1 unspecified atom stereocenters. The van der Waals surface area contributed by atoms with Crippen LogP contribution in [0.25, 0.3) is 0 Å². The molecule has 1 aliphatic carbocycles. The van der Waals surface area contributed by atoms with Gasteiger partial charge in [-0.15, -0.1) is 0 Å². The van der Waals surface area contributed by atoms with Gasteiger partial charge >= 0.3 is 12.0 Å². The first kappa shape index (κ1) is 15.1. The van der Waals surface area contributed by atoms with E-state index in [9.17, 15) is 9.59 Å². The third kappa shape index (κ3) is 3.87. The Balaban J connectivity index is 1.78. The minimum Gasteiger partial charge on any atom is -0.481 e. The van der Waals surface area contributed by atoms with Crippen molar-refractivity contribution in [1.29, 1.82) is 0 Å². The van der Waals surface area contributed by atoms with E-state index in [0.717, 1.165) is 19.4 Å². The number of carbonyl (C=O) groups excluding carboxylic acids is 1. The molecule has 2 aliphatic rings. The molecule has 0 radical (unpaired) electrons. The Bertz CT molecular complexity index is 377. The van der Waals surface area contributed by atoms with Crippen molar-refractivity contribution in [3.8, 4) is 0 Å². The molecule has 2 N–H and O–H groups in total. The normalized spacial score (nSPS) is 24.6. The molecule has 1 saturated carbocycles. The topological polar surface area (TPSA) is 69.6 Å². The Morgan fingerprint density at radius 3 is 2.65 bits per heavy atom. The van der Waals surface area contributed by atoms with Gasteiger partial charge in [0.2, 0.25) is 0 Å². The average Bonchev–Trinajstić information content (AvgIpc) is 3.15. The lowest BCUT2D eigenvalue weighted by Gasteiger charge is -2.31. The zero-order valence-corrected chi connectivity index (χ0v) is 12.5. The van der Waals surface area contributed by atoms with Crippen molar-refractivity contribution >= 4 is 12.0 Å². The van der Waals surface area contributed by atoms with E-state index in [0.29, 0.717) is 30.8 Å². The molecule has 1 atom stereocenters. The number of carboxylic acid groups (broad SMARTS) is 1. The zero-order chi connectivity index (χ0) is 14.8. The van der Waals surface area contributed by atoms with E-state index < -0.39 is 11.9 Å². The number of nitrogens with one attached hydrogen (secondary N) is 1. The lowest BCUT2D eigenvalue weighted by atomic mass is 9.94. The molecule has 0 spiro atoms. The molecule has 5 heteroatoms. The quantitative estimate of drug-likeness (QED) is 0.813. The maximum Gasteiger partial charge on any atom is 0.317 e. The second-order valence-electron chi connectivity index (χ2n) is 6.88. The number of amides is 2. The summed E-state index contributed by atoms with van der Waals surface area (Å²) in [6, 6.07) is -0.0917. The van der Waals surface area contributed by atoms with Crippen molar-refractivity contribution in [3.63, 3.8) is 0 Å². The lowest BCUT2D eigenvalue weighted by Crippen LogP contribution is -2.48. The summed E-state index contributed by atoms with van der Waals surface area (Å²) in [5.41, 5.74) is 0.311. The largest absolute Gasteiger partial charge is 0.481 e. The minimum atomic E-state index is -0.791. The van der Waals surface area contributed by atoms with Crippen LogP contribution in [-0.2, 0) is 4.79 Å². The van der Waals surface area contributed by atoms with Crippen molar-refractivity contribution in [3.05, 3.63) is 0 Å². The summed E-state index contributed by atoms with van der Waals surface area (Å²) in [7, 11) is 0. The lowest BCUT2D eigenvalue weighted by molar-refractivity contribution is -0.143. The Hall–Kier alpha value is -1.26. The molecule has 0 aromatic rings. The van der Waals surface area contributed by atoms with Gasteiger partial charge in [0.15, 0.2) is 0 Å². The number of likely N-dealkylation sites (tertiary alicyclic amines) is 1. The fraction of sp³-hybridized carbons (Fsp3) is 0.867. The first-order valence-electron chi connectivity index (χ1n) is 7.67. The van der Waals surface area contributed by atoms with E-state index in [1.807, 2.05) is 0 Å². The Labute approximate surface area is 120 Å². The van der Waals surface area contributed by atoms with Gasteiger partial charge in [-0.2, -0.15) is 0 Å². The van der Waals surface area contributed by atoms with Crippen LogP contribution >= 0.6 is 0 Å². The maximum atomic E-state index is 12.1. The molecule has 20 heavy (non-hydrogen) atoms. The van der Waals surface area contributed by atoms with E-state index >= 15 is 0 Å². The summed E-state index contributed by atoms with van der Waals surface area (Å²) in [6.07, 6.45) is 5.01. The van der Waals surface area contributed by atoms with Crippen LogP contribution in [0.15, 0.2) is 0 Å². The molecule has 1 heterocycles. The number of urea groups is 1. The fourth-order valence-electron chi connectivity index (χ4n) is 3.23. The van der Waals surface area contributed by atoms with E-state index in [1.165, 1.54) is 12.8 Å². The Kier molecular flexibility index (Phi) is 4.55. The number of hydrogen-bond donors (Lipinski definition) is 2. The number of aliphatic carboxylic acids is 1. The molecule has 2 fully saturated rings. The highest BCUT2D eigenvalue weighted by Crippen LogP contribution is 2.50. The van der Waals surface area contributed by atoms with Crippen LogP contribution in [0.3, 0.4) is 0 Å². The molecule has 0 aromatic carbocycles. The number of carboxylic acids is 1. The van der Waals surface area contributed by atoms with Crippen LogP contribution < -0.4 is 5.32 Å². The summed E-state index contributed by atoms with van der Waals surface area (Å²) < 4.78 is 0. The fourth-order valence-corrected chi connectivity index (χ4v) is 3.23. The van der Waals surface area contributed by atoms with Crippen LogP contribution in [0.2, 0.25) is 0 Å². The second-order valence-corrected chi connectivity index (χ2v) is 6.88. The smallest absolute Gasteiger partial charge is 0.317 e. The summed E-state index contributed by atoms with van der Waals surface area (Å²) in [6.45, 7) is 6.18. The maximum absolute atomic E-state index is 12.1. The molecule has 2 rings (SSSR count). The predicted octanol–water partition coefficient (Wildman–Crippen LogP) is 2.32. The number of hydrogen-bond acceptors (Lipinski definition) is 2. The van der Waals surface area contributed by atoms with E-state index in [1.54, 1.807) is 4.90 Å². The number of nitrogens with zero attached hydrogens (tertiary/aromatic N) is 1. The van der Waals surface area contributed by atoms with Gasteiger partial charge in [0.1, 0.15) is 0 Å². The van der Waals surface area contributed by atoms with E-state index in [4.69, 9.17) is 5.11 Å². The summed E-state index contributed by atoms with van der Waals surface area (Å²) in [4.78, 5) is 24.8. The molecular formula is C15H26N2O3. The van der Waals surface area contributed by atoms with Gasteiger partial charge in [-0.25, -0.2) is 4.79 Å². The molecule has 0 bridgehead atoms. The van der Waals surface area contributed by atoms with Gasteiger partial charge in [0.25, 0.3) is 0 Å². The van der Waals surface area contributed by atoms with Crippen molar-refractivity contribution in [2.75, 3.05) is 19.6 Å². The standard InChI is InChI=1S/C15H26N2O3/c1-11(2)8-15(5-6-15)10-16-14(20)17-7-3-4-12(9-17)13(18)19/h11-12H,3-10H2,1-2H3,(H,16,20)(H,18,19). The second kappa shape index (κ2) is 6.02. The number of carbonyl (C=O) groups is 2. The third-order valence-electron chi connectivity index (χ3n) is 4.47. The monoisotopic (exact) mass is 282 g/mol. The molecule has 114 valence electrons. The van der Waals surface area contributed by atoms with Crippen molar-refractivity contribution in [1.82, 2.24) is 10.2 Å². The minimum absolute atomic E-state index is 0.0917. The Morgan fingerprint density at radius 1 is 1.40 bits per heavy atom. The van der Waals surface area contributed by atoms with Gasteiger partial charge < -0.3 is 15.3 Å².